The van der Waals surface area contributed by atoms with E-state index in [1.54, 1.807) is 6.20 Å². The van der Waals surface area contributed by atoms with Gasteiger partial charge in [0, 0.05) is 35.6 Å². The van der Waals surface area contributed by atoms with Gasteiger partial charge >= 0.3 is 0 Å². The van der Waals surface area contributed by atoms with Crippen molar-refractivity contribution in [3.8, 4) is 11.4 Å². The summed E-state index contributed by atoms with van der Waals surface area (Å²) in [6, 6.07) is 18.0. The largest absolute Gasteiger partial charge is 0.328 e. The molecule has 32 heavy (non-hydrogen) atoms. The van der Waals surface area contributed by atoms with Gasteiger partial charge < -0.3 is 5.32 Å². The number of nitrogens with one attached hydrogen (secondary N) is 1. The van der Waals surface area contributed by atoms with Gasteiger partial charge in [-0.05, 0) is 34.2 Å². The van der Waals surface area contributed by atoms with Gasteiger partial charge in [0.15, 0.2) is 11.6 Å². The summed E-state index contributed by atoms with van der Waals surface area (Å²) in [4.78, 5) is 22.5. The Morgan fingerprint density at radius 3 is 2.72 bits per heavy atom. The van der Waals surface area contributed by atoms with Crippen LogP contribution in [0.15, 0.2) is 78.3 Å². The molecular weight excluding hydrogens is 398 g/mol. The number of pyridine rings is 1. The van der Waals surface area contributed by atoms with E-state index in [0.717, 1.165) is 39.6 Å². The van der Waals surface area contributed by atoms with E-state index < -0.39 is 0 Å². The topological polar surface area (TPSA) is 72.7 Å². The van der Waals surface area contributed by atoms with E-state index in [1.807, 2.05) is 47.3 Å². The van der Waals surface area contributed by atoms with Crippen LogP contribution >= 0.6 is 0 Å². The van der Waals surface area contributed by atoms with Gasteiger partial charge in [-0.3, -0.25) is 9.78 Å². The lowest BCUT2D eigenvalue weighted by molar-refractivity contribution is -0.118. The maximum absolute atomic E-state index is 13.3. The maximum atomic E-state index is 13.3. The molecule has 158 valence electrons. The highest BCUT2D eigenvalue weighted by molar-refractivity contribution is 6.00. The molecule has 0 fully saturated rings. The summed E-state index contributed by atoms with van der Waals surface area (Å²) in [5.41, 5.74) is 3.54. The van der Waals surface area contributed by atoms with Gasteiger partial charge in [0.25, 0.3) is 0 Å². The average molecular weight is 422 g/mol. The van der Waals surface area contributed by atoms with Crippen LogP contribution in [0.4, 0.5) is 5.95 Å². The predicted octanol–water partition coefficient (Wildman–Crippen LogP) is 5.15. The lowest BCUT2D eigenvalue weighted by Gasteiger charge is -2.38. The second kappa shape index (κ2) is 6.85. The van der Waals surface area contributed by atoms with Crippen molar-refractivity contribution in [2.45, 2.75) is 32.7 Å². The first-order chi connectivity index (χ1) is 15.5. The SMILES string of the molecule is CC1(C)CC(=O)C2=C(C1)Nc1nc(-c3cccc4ccccc34)nn1C2c1cccnc1. The molecule has 3 heterocycles. The van der Waals surface area contributed by atoms with Gasteiger partial charge in [-0.25, -0.2) is 4.68 Å². The van der Waals surface area contributed by atoms with Crippen molar-refractivity contribution in [2.75, 3.05) is 5.32 Å². The molecule has 4 aromatic rings. The third-order valence-corrected chi connectivity index (χ3v) is 6.36. The van der Waals surface area contributed by atoms with Crippen LogP contribution in [0.2, 0.25) is 0 Å². The molecule has 2 aromatic heterocycles. The lowest BCUT2D eigenvalue weighted by Crippen LogP contribution is -2.36. The number of hydrogen-bond donors (Lipinski definition) is 1. The first-order valence-corrected chi connectivity index (χ1v) is 10.9. The Bertz CT molecular complexity index is 1400. The van der Waals surface area contributed by atoms with Crippen molar-refractivity contribution in [2.24, 2.45) is 5.41 Å². The van der Waals surface area contributed by atoms with Crippen LogP contribution in [0.3, 0.4) is 0 Å². The predicted molar refractivity (Wildman–Crippen MR) is 124 cm³/mol. The summed E-state index contributed by atoms with van der Waals surface area (Å²) < 4.78 is 1.85. The first kappa shape index (κ1) is 18.9. The van der Waals surface area contributed by atoms with Crippen LogP contribution in [-0.2, 0) is 4.79 Å². The Labute approximate surface area is 186 Å². The molecule has 2 aliphatic rings. The van der Waals surface area contributed by atoms with E-state index in [-0.39, 0.29) is 17.2 Å². The summed E-state index contributed by atoms with van der Waals surface area (Å²) in [6.45, 7) is 4.27. The maximum Gasteiger partial charge on any atom is 0.226 e. The van der Waals surface area contributed by atoms with Crippen molar-refractivity contribution < 1.29 is 4.79 Å². The van der Waals surface area contributed by atoms with Crippen LogP contribution in [0.5, 0.6) is 0 Å². The molecule has 1 aliphatic heterocycles. The smallest absolute Gasteiger partial charge is 0.226 e. The summed E-state index contributed by atoms with van der Waals surface area (Å²) in [6.07, 6.45) is 4.87. The fraction of sp³-hybridized carbons (Fsp3) is 0.231. The van der Waals surface area contributed by atoms with Gasteiger partial charge in [-0.15, -0.1) is 5.10 Å². The number of carbonyl (C=O) groups is 1. The van der Waals surface area contributed by atoms with E-state index in [2.05, 4.69) is 42.3 Å². The number of carbonyl (C=O) groups excluding carboxylic acids is 1. The third kappa shape index (κ3) is 2.94. The number of hydrogen-bond acceptors (Lipinski definition) is 5. The number of fused-ring (bicyclic) bond motifs is 2. The fourth-order valence-corrected chi connectivity index (χ4v) is 4.99. The zero-order valence-electron chi connectivity index (χ0n) is 18.0. The van der Waals surface area contributed by atoms with E-state index in [9.17, 15) is 4.79 Å². The average Bonchev–Trinajstić information content (AvgIpc) is 3.20. The zero-order chi connectivity index (χ0) is 21.9. The molecule has 0 bridgehead atoms. The minimum absolute atomic E-state index is 0.0942. The van der Waals surface area contributed by atoms with Gasteiger partial charge in [0.05, 0.1) is 0 Å². The molecule has 0 spiro atoms. The highest BCUT2D eigenvalue weighted by atomic mass is 16.1. The molecule has 0 saturated heterocycles. The molecule has 6 heteroatoms. The number of Topliss-reactive ketones (excluding diaryl/α,β-unsaturated/α-hetero) is 1. The van der Waals surface area contributed by atoms with Crippen LogP contribution in [0.1, 0.15) is 38.3 Å². The van der Waals surface area contributed by atoms with Crippen LogP contribution in [0, 0.1) is 5.41 Å². The molecule has 0 radical (unpaired) electrons. The number of anilines is 1. The molecule has 1 N–H and O–H groups in total. The summed E-state index contributed by atoms with van der Waals surface area (Å²) in [7, 11) is 0. The zero-order valence-corrected chi connectivity index (χ0v) is 18.0. The van der Waals surface area contributed by atoms with Gasteiger partial charge in [-0.2, -0.15) is 4.98 Å². The Morgan fingerprint density at radius 1 is 1.03 bits per heavy atom. The summed E-state index contributed by atoms with van der Waals surface area (Å²) in [5, 5.41) is 10.6. The van der Waals surface area contributed by atoms with Crippen molar-refractivity contribution in [1.82, 2.24) is 19.7 Å². The monoisotopic (exact) mass is 421 g/mol. The quantitative estimate of drug-likeness (QED) is 0.484. The summed E-state index contributed by atoms with van der Waals surface area (Å²) >= 11 is 0. The van der Waals surface area contributed by atoms with Gasteiger partial charge in [0.2, 0.25) is 5.95 Å². The number of benzene rings is 2. The van der Waals surface area contributed by atoms with Crippen molar-refractivity contribution in [1.29, 1.82) is 0 Å². The van der Waals surface area contributed by atoms with Crippen molar-refractivity contribution in [3.05, 3.63) is 83.8 Å². The number of allylic oxidation sites excluding steroid dienone is 2. The Hall–Kier alpha value is -3.80. The number of nitrogens with zero attached hydrogens (tertiary/aromatic N) is 4. The second-order valence-corrected chi connectivity index (χ2v) is 9.38. The van der Waals surface area contributed by atoms with Crippen LogP contribution in [-0.4, -0.2) is 25.5 Å². The molecule has 1 atom stereocenters. The van der Waals surface area contributed by atoms with E-state index >= 15 is 0 Å². The molecule has 6 rings (SSSR count). The fourth-order valence-electron chi connectivity index (χ4n) is 4.99. The first-order valence-electron chi connectivity index (χ1n) is 10.9. The number of ketones is 1. The van der Waals surface area contributed by atoms with E-state index in [1.165, 1.54) is 0 Å². The number of rotatable bonds is 2. The molecule has 0 saturated carbocycles. The molecule has 1 aliphatic carbocycles. The number of aromatic nitrogens is 4. The van der Waals surface area contributed by atoms with Gasteiger partial charge in [0.1, 0.15) is 6.04 Å². The Balaban J connectivity index is 1.55. The molecule has 1 unspecified atom stereocenters. The Morgan fingerprint density at radius 2 is 1.88 bits per heavy atom. The minimum atomic E-state index is -0.338. The second-order valence-electron chi connectivity index (χ2n) is 9.38. The summed E-state index contributed by atoms with van der Waals surface area (Å²) in [5.74, 6) is 1.46. The van der Waals surface area contributed by atoms with Crippen molar-refractivity contribution >= 4 is 22.5 Å². The highest BCUT2D eigenvalue weighted by Crippen LogP contribution is 2.45. The van der Waals surface area contributed by atoms with Crippen LogP contribution < -0.4 is 5.32 Å². The molecular formula is C26H23N5O. The molecule has 0 amide bonds. The minimum Gasteiger partial charge on any atom is -0.328 e. The van der Waals surface area contributed by atoms with Crippen molar-refractivity contribution in [3.63, 3.8) is 0 Å². The lowest BCUT2D eigenvalue weighted by atomic mass is 9.73. The normalized spacial score (nSPS) is 19.4. The molecule has 6 nitrogen and oxygen atoms in total. The Kier molecular flexibility index (Phi) is 4.05. The van der Waals surface area contributed by atoms with E-state index in [0.29, 0.717) is 18.2 Å². The highest BCUT2D eigenvalue weighted by Gasteiger charge is 2.42. The van der Waals surface area contributed by atoms with Gasteiger partial charge in [-0.1, -0.05) is 62.4 Å². The van der Waals surface area contributed by atoms with E-state index in [4.69, 9.17) is 10.1 Å². The standard InChI is InChI=1S/C26H23N5O/c1-26(2)13-20-22(21(32)14-26)23(17-9-6-12-27-15-17)31-25(28-20)29-24(30-31)19-11-5-8-16-7-3-4-10-18(16)19/h3-12,15,23H,13-14H2,1-2H3,(H,28,29,30). The molecule has 2 aromatic carbocycles. The van der Waals surface area contributed by atoms with Crippen LogP contribution in [0.25, 0.3) is 22.2 Å². The third-order valence-electron chi connectivity index (χ3n) is 6.36.